The average molecular weight is 404 g/mol. The number of allylic oxidation sites excluding steroid dienone is 1. The summed E-state index contributed by atoms with van der Waals surface area (Å²) in [5.74, 6) is -0.596. The van der Waals surface area contributed by atoms with Crippen molar-refractivity contribution in [2.24, 2.45) is 16.8 Å². The Bertz CT molecular complexity index is 863. The summed E-state index contributed by atoms with van der Waals surface area (Å²) in [5.41, 5.74) is 0.991. The number of amides is 2. The van der Waals surface area contributed by atoms with E-state index in [0.29, 0.717) is 30.0 Å². The van der Waals surface area contributed by atoms with Gasteiger partial charge in [0.05, 0.1) is 6.42 Å². The van der Waals surface area contributed by atoms with Crippen LogP contribution in [0, 0.1) is 11.8 Å². The molecule has 4 aliphatic rings. The van der Waals surface area contributed by atoms with Crippen molar-refractivity contribution in [2.75, 3.05) is 0 Å². The number of rotatable bonds is 5. The molecule has 3 aliphatic carbocycles. The van der Waals surface area contributed by atoms with Gasteiger partial charge in [0.25, 0.3) is 0 Å². The molecule has 28 heavy (non-hydrogen) atoms. The molecule has 1 aliphatic heterocycles. The Kier molecular flexibility index (Phi) is 5.00. The fourth-order valence-corrected chi connectivity index (χ4v) is 4.73. The normalized spacial score (nSPS) is 33.0. The topological polar surface area (TPSA) is 70.6 Å². The summed E-state index contributed by atoms with van der Waals surface area (Å²) < 4.78 is 13.7. The zero-order chi connectivity index (χ0) is 19.9. The van der Waals surface area contributed by atoms with Crippen molar-refractivity contribution in [3.8, 4) is 0 Å². The standard InChI is InChI=1S/C21H23ClFN3O2/c1-12-17(25-18(27)8-13-4-2-3-5-15(13)22)6-7-24-19(12)20(28)26-21-9-14(10-21)16(23)11-21/h2-7,12,14,16,19H,8-11H2,1H3,(H,25,27)(H,26,28). The lowest BCUT2D eigenvalue weighted by Crippen LogP contribution is -2.55. The first-order valence-corrected chi connectivity index (χ1v) is 9.97. The number of nitrogens with one attached hydrogen (secondary N) is 2. The molecule has 5 nitrogen and oxygen atoms in total. The molecule has 0 aromatic heterocycles. The molecule has 1 aromatic rings. The number of nitrogens with zero attached hydrogens (tertiary/aromatic N) is 1. The first-order chi connectivity index (χ1) is 13.4. The van der Waals surface area contributed by atoms with Crippen LogP contribution < -0.4 is 10.6 Å². The van der Waals surface area contributed by atoms with Crippen LogP contribution in [0.2, 0.25) is 5.02 Å². The number of halogens is 2. The number of hydrogen-bond acceptors (Lipinski definition) is 3. The van der Waals surface area contributed by atoms with Gasteiger partial charge >= 0.3 is 0 Å². The van der Waals surface area contributed by atoms with Crippen molar-refractivity contribution in [2.45, 2.75) is 50.4 Å². The van der Waals surface area contributed by atoms with Crippen molar-refractivity contribution in [3.63, 3.8) is 0 Å². The molecule has 2 bridgehead atoms. The Morgan fingerprint density at radius 2 is 2.04 bits per heavy atom. The lowest BCUT2D eigenvalue weighted by molar-refractivity contribution is -0.126. The maximum absolute atomic E-state index is 13.7. The minimum atomic E-state index is -0.813. The van der Waals surface area contributed by atoms with Gasteiger partial charge in [-0.05, 0) is 36.5 Å². The maximum atomic E-state index is 13.7. The molecule has 3 fully saturated rings. The molecule has 1 aromatic carbocycles. The maximum Gasteiger partial charge on any atom is 0.245 e. The number of carbonyl (C=O) groups excluding carboxylic acids is 2. The van der Waals surface area contributed by atoms with Gasteiger partial charge in [0.2, 0.25) is 11.8 Å². The molecule has 3 unspecified atom stereocenters. The molecule has 148 valence electrons. The van der Waals surface area contributed by atoms with Crippen molar-refractivity contribution in [3.05, 3.63) is 46.6 Å². The second kappa shape index (κ2) is 7.32. The molecule has 3 saturated carbocycles. The summed E-state index contributed by atoms with van der Waals surface area (Å²) in [6.45, 7) is 1.86. The largest absolute Gasteiger partial charge is 0.349 e. The zero-order valence-corrected chi connectivity index (χ0v) is 16.4. The Hall–Kier alpha value is -2.21. The Morgan fingerprint density at radius 3 is 2.71 bits per heavy atom. The summed E-state index contributed by atoms with van der Waals surface area (Å²) >= 11 is 6.12. The van der Waals surface area contributed by atoms with E-state index in [1.54, 1.807) is 18.4 Å². The predicted molar refractivity (Wildman–Crippen MR) is 106 cm³/mol. The van der Waals surface area contributed by atoms with Gasteiger partial charge in [-0.1, -0.05) is 36.7 Å². The molecule has 0 radical (unpaired) electrons. The highest BCUT2D eigenvalue weighted by atomic mass is 35.5. The number of hydrogen-bond donors (Lipinski definition) is 2. The molecule has 0 spiro atoms. The van der Waals surface area contributed by atoms with Crippen molar-refractivity contribution >= 4 is 29.6 Å². The number of carbonyl (C=O) groups is 2. The van der Waals surface area contributed by atoms with Gasteiger partial charge < -0.3 is 10.6 Å². The predicted octanol–water partition coefficient (Wildman–Crippen LogP) is 2.98. The van der Waals surface area contributed by atoms with Gasteiger partial charge in [-0.15, -0.1) is 0 Å². The third kappa shape index (κ3) is 3.58. The molecule has 2 amide bonds. The third-order valence-corrected chi connectivity index (χ3v) is 6.49. The minimum absolute atomic E-state index is 0.0899. The Morgan fingerprint density at radius 1 is 1.29 bits per heavy atom. The van der Waals surface area contributed by atoms with E-state index < -0.39 is 17.8 Å². The first kappa shape index (κ1) is 19.1. The highest BCUT2D eigenvalue weighted by molar-refractivity contribution is 6.31. The van der Waals surface area contributed by atoms with Crippen LogP contribution in [0.3, 0.4) is 0 Å². The van der Waals surface area contributed by atoms with E-state index in [1.807, 2.05) is 25.1 Å². The number of fused-ring (bicyclic) bond motifs is 1. The van der Waals surface area contributed by atoms with Crippen LogP contribution in [0.5, 0.6) is 0 Å². The van der Waals surface area contributed by atoms with Gasteiger partial charge in [0, 0.05) is 34.8 Å². The van der Waals surface area contributed by atoms with Crippen LogP contribution in [0.15, 0.2) is 41.0 Å². The van der Waals surface area contributed by atoms with E-state index >= 15 is 0 Å². The number of alkyl halides is 1. The Balaban J connectivity index is 1.36. The number of dihydropyridines is 1. The molecule has 5 rings (SSSR count). The van der Waals surface area contributed by atoms with Crippen LogP contribution in [-0.2, 0) is 16.0 Å². The smallest absolute Gasteiger partial charge is 0.245 e. The summed E-state index contributed by atoms with van der Waals surface area (Å²) in [5, 5.41) is 6.45. The van der Waals surface area contributed by atoms with Crippen LogP contribution >= 0.6 is 11.6 Å². The quantitative estimate of drug-likeness (QED) is 0.793. The van der Waals surface area contributed by atoms with E-state index in [0.717, 1.165) is 5.56 Å². The lowest BCUT2D eigenvalue weighted by atomic mass is 9.76. The van der Waals surface area contributed by atoms with Crippen molar-refractivity contribution < 1.29 is 14.0 Å². The van der Waals surface area contributed by atoms with E-state index in [2.05, 4.69) is 15.6 Å². The van der Waals surface area contributed by atoms with Gasteiger partial charge in [0.15, 0.2) is 0 Å². The van der Waals surface area contributed by atoms with Gasteiger partial charge in [0.1, 0.15) is 12.2 Å². The highest BCUT2D eigenvalue weighted by Crippen LogP contribution is 2.53. The highest BCUT2D eigenvalue weighted by Gasteiger charge is 2.57. The molecule has 0 saturated heterocycles. The molecule has 1 heterocycles. The summed E-state index contributed by atoms with van der Waals surface area (Å²) in [4.78, 5) is 29.5. The SMILES string of the molecule is CC1C(NC(=O)Cc2ccccc2Cl)=CC=NC1C(=O)NC12CC(F)C(C1)C2. The molecular weight excluding hydrogens is 381 g/mol. The Labute approximate surface area is 168 Å². The van der Waals surface area contributed by atoms with Gasteiger partial charge in [-0.2, -0.15) is 0 Å². The molecule has 7 heteroatoms. The fraction of sp³-hybridized carbons (Fsp3) is 0.476. The number of aliphatic imine (C=N–C) groups is 1. The average Bonchev–Trinajstić information content (AvgIpc) is 3.10. The van der Waals surface area contributed by atoms with Crippen LogP contribution in [0.1, 0.15) is 31.7 Å². The van der Waals surface area contributed by atoms with Crippen molar-refractivity contribution in [1.29, 1.82) is 0 Å². The molecule has 3 atom stereocenters. The fourth-order valence-electron chi connectivity index (χ4n) is 4.53. The molecule has 2 N–H and O–H groups in total. The summed E-state index contributed by atoms with van der Waals surface area (Å²) in [6.07, 6.45) is 4.41. The molecular formula is C21H23ClFN3O2. The zero-order valence-electron chi connectivity index (χ0n) is 15.6. The third-order valence-electron chi connectivity index (χ3n) is 6.12. The first-order valence-electron chi connectivity index (χ1n) is 9.60. The van der Waals surface area contributed by atoms with E-state index in [-0.39, 0.29) is 30.1 Å². The summed E-state index contributed by atoms with van der Waals surface area (Å²) in [6, 6.07) is 6.57. The number of benzene rings is 1. The van der Waals surface area contributed by atoms with E-state index in [4.69, 9.17) is 11.6 Å². The summed E-state index contributed by atoms with van der Waals surface area (Å²) in [7, 11) is 0. The van der Waals surface area contributed by atoms with Crippen LogP contribution in [0.25, 0.3) is 0 Å². The van der Waals surface area contributed by atoms with E-state index in [1.165, 1.54) is 0 Å². The van der Waals surface area contributed by atoms with E-state index in [9.17, 15) is 14.0 Å². The van der Waals surface area contributed by atoms with Crippen molar-refractivity contribution in [1.82, 2.24) is 10.6 Å². The minimum Gasteiger partial charge on any atom is -0.349 e. The monoisotopic (exact) mass is 403 g/mol. The lowest BCUT2D eigenvalue weighted by Gasteiger charge is -2.40. The van der Waals surface area contributed by atoms with Gasteiger partial charge in [-0.25, -0.2) is 4.39 Å². The van der Waals surface area contributed by atoms with Crippen LogP contribution in [0.4, 0.5) is 4.39 Å². The van der Waals surface area contributed by atoms with Gasteiger partial charge in [-0.3, -0.25) is 14.6 Å². The second-order valence-electron chi connectivity index (χ2n) is 8.13. The second-order valence-corrected chi connectivity index (χ2v) is 8.54. The van der Waals surface area contributed by atoms with Crippen LogP contribution in [-0.4, -0.2) is 35.8 Å².